The number of fused-ring (bicyclic) bond motifs is 1. The molecule has 2 heterocycles. The average molecular weight is 182 g/mol. The van der Waals surface area contributed by atoms with E-state index in [0.29, 0.717) is 11.5 Å². The Hall–Kier alpha value is -1.35. The van der Waals surface area contributed by atoms with Crippen LogP contribution in [0.5, 0.6) is 0 Å². The average Bonchev–Trinajstić information content (AvgIpc) is 2.04. The van der Waals surface area contributed by atoms with Crippen LogP contribution in [-0.4, -0.2) is 9.97 Å². The van der Waals surface area contributed by atoms with Gasteiger partial charge in [-0.15, -0.1) is 12.4 Å². The van der Waals surface area contributed by atoms with E-state index in [2.05, 4.69) is 9.97 Å². The van der Waals surface area contributed by atoms with Crippen LogP contribution in [0.4, 0.5) is 5.82 Å². The van der Waals surface area contributed by atoms with E-state index >= 15 is 0 Å². The molecule has 0 amide bonds. The van der Waals surface area contributed by atoms with Crippen LogP contribution >= 0.6 is 12.4 Å². The fourth-order valence-electron chi connectivity index (χ4n) is 0.968. The maximum Gasteiger partial charge on any atom is 0.161 e. The maximum absolute atomic E-state index is 5.47. The van der Waals surface area contributed by atoms with Crippen molar-refractivity contribution in [1.29, 1.82) is 0 Å². The van der Waals surface area contributed by atoms with Crippen LogP contribution in [0.25, 0.3) is 11.0 Å². The molecule has 2 aromatic heterocycles. The van der Waals surface area contributed by atoms with Crippen LogP contribution < -0.4 is 5.73 Å². The molecule has 3 nitrogen and oxygen atoms in total. The largest absolute Gasteiger partial charge is 0.384 e. The highest BCUT2D eigenvalue weighted by molar-refractivity contribution is 5.85. The first-order chi connectivity index (χ1) is 5.36. The van der Waals surface area contributed by atoms with Crippen molar-refractivity contribution in [3.8, 4) is 0 Å². The van der Waals surface area contributed by atoms with Gasteiger partial charge in [0.2, 0.25) is 0 Å². The van der Waals surface area contributed by atoms with Gasteiger partial charge in [-0.3, -0.25) is 0 Å². The summed E-state index contributed by atoms with van der Waals surface area (Å²) in [5.41, 5.74) is 6.17. The zero-order chi connectivity index (χ0) is 7.68. The van der Waals surface area contributed by atoms with Gasteiger partial charge in [-0.1, -0.05) is 0 Å². The maximum atomic E-state index is 5.47. The zero-order valence-corrected chi connectivity index (χ0v) is 7.08. The first-order valence-corrected chi connectivity index (χ1v) is 3.33. The summed E-state index contributed by atoms with van der Waals surface area (Å²) in [7, 11) is 0. The number of anilines is 1. The van der Waals surface area contributed by atoms with Gasteiger partial charge < -0.3 is 5.73 Å². The van der Waals surface area contributed by atoms with E-state index in [1.807, 2.05) is 18.2 Å². The Labute approximate surface area is 76.0 Å². The molecule has 0 radical (unpaired) electrons. The number of aromatic nitrogens is 2. The molecule has 0 spiro atoms. The summed E-state index contributed by atoms with van der Waals surface area (Å²) < 4.78 is 0. The number of rotatable bonds is 0. The van der Waals surface area contributed by atoms with Gasteiger partial charge in [0.25, 0.3) is 0 Å². The van der Waals surface area contributed by atoms with E-state index in [9.17, 15) is 0 Å². The van der Waals surface area contributed by atoms with E-state index in [1.54, 1.807) is 12.3 Å². The van der Waals surface area contributed by atoms with Crippen LogP contribution in [0.1, 0.15) is 0 Å². The second-order valence-corrected chi connectivity index (χ2v) is 2.29. The summed E-state index contributed by atoms with van der Waals surface area (Å²) in [6.45, 7) is 0. The van der Waals surface area contributed by atoms with Gasteiger partial charge in [0, 0.05) is 11.6 Å². The minimum absolute atomic E-state index is 0. The van der Waals surface area contributed by atoms with Crippen molar-refractivity contribution in [1.82, 2.24) is 9.97 Å². The predicted octanol–water partition coefficient (Wildman–Crippen LogP) is 1.63. The molecule has 0 aromatic carbocycles. The molecular weight excluding hydrogens is 174 g/mol. The number of halogens is 1. The predicted molar refractivity (Wildman–Crippen MR) is 51.2 cm³/mol. The molecule has 0 fully saturated rings. The van der Waals surface area contributed by atoms with Crippen LogP contribution in [0.3, 0.4) is 0 Å². The van der Waals surface area contributed by atoms with Gasteiger partial charge >= 0.3 is 0 Å². The zero-order valence-electron chi connectivity index (χ0n) is 6.27. The molecule has 2 aromatic rings. The summed E-state index contributed by atoms with van der Waals surface area (Å²) in [6, 6.07) is 7.50. The number of nitrogens with zero attached hydrogens (tertiary/aromatic N) is 2. The lowest BCUT2D eigenvalue weighted by Gasteiger charge is -1.94. The number of hydrogen-bond donors (Lipinski definition) is 1. The van der Waals surface area contributed by atoms with Gasteiger partial charge in [0.05, 0.1) is 0 Å². The SMILES string of the molecule is Cl.Nc1ccc2cccnc2n1. The third kappa shape index (κ3) is 1.46. The summed E-state index contributed by atoms with van der Waals surface area (Å²) in [5.74, 6) is 0.510. The number of pyridine rings is 2. The van der Waals surface area contributed by atoms with Gasteiger partial charge in [-0.25, -0.2) is 9.97 Å². The molecule has 12 heavy (non-hydrogen) atoms. The first-order valence-electron chi connectivity index (χ1n) is 3.33. The van der Waals surface area contributed by atoms with E-state index < -0.39 is 0 Å². The topological polar surface area (TPSA) is 51.8 Å². The Kier molecular flexibility index (Phi) is 2.45. The quantitative estimate of drug-likeness (QED) is 0.672. The van der Waals surface area contributed by atoms with E-state index in [4.69, 9.17) is 5.73 Å². The molecule has 0 aliphatic rings. The Morgan fingerprint density at radius 1 is 1.17 bits per heavy atom. The van der Waals surface area contributed by atoms with Crippen LogP contribution in [0, 0.1) is 0 Å². The Morgan fingerprint density at radius 3 is 2.83 bits per heavy atom. The molecule has 0 saturated heterocycles. The highest BCUT2D eigenvalue weighted by Crippen LogP contribution is 2.09. The van der Waals surface area contributed by atoms with Crippen molar-refractivity contribution in [2.45, 2.75) is 0 Å². The molecule has 2 rings (SSSR count). The van der Waals surface area contributed by atoms with Gasteiger partial charge in [-0.2, -0.15) is 0 Å². The molecule has 0 saturated carbocycles. The van der Waals surface area contributed by atoms with Crippen LogP contribution in [0.15, 0.2) is 30.5 Å². The lowest BCUT2D eigenvalue weighted by Crippen LogP contribution is -1.90. The Balaban J connectivity index is 0.000000720. The van der Waals surface area contributed by atoms with Crippen molar-refractivity contribution in [2.24, 2.45) is 0 Å². The molecular formula is C8H8ClN3. The van der Waals surface area contributed by atoms with Crippen molar-refractivity contribution >= 4 is 29.3 Å². The fourth-order valence-corrected chi connectivity index (χ4v) is 0.968. The molecule has 62 valence electrons. The van der Waals surface area contributed by atoms with Gasteiger partial charge in [0.1, 0.15) is 5.82 Å². The monoisotopic (exact) mass is 181 g/mol. The standard InChI is InChI=1S/C8H7N3.ClH/c9-7-4-3-6-2-1-5-10-8(6)11-7;/h1-5H,(H2,9,10,11);1H. The number of hydrogen-bond acceptors (Lipinski definition) is 3. The Morgan fingerprint density at radius 2 is 2.00 bits per heavy atom. The minimum Gasteiger partial charge on any atom is -0.384 e. The highest BCUT2D eigenvalue weighted by atomic mass is 35.5. The van der Waals surface area contributed by atoms with Crippen molar-refractivity contribution in [3.05, 3.63) is 30.5 Å². The first kappa shape index (κ1) is 8.74. The number of nitrogen functional groups attached to an aromatic ring is 1. The Bertz CT molecular complexity index is 389. The highest BCUT2D eigenvalue weighted by Gasteiger charge is 1.92. The van der Waals surface area contributed by atoms with E-state index in [-0.39, 0.29) is 12.4 Å². The summed E-state index contributed by atoms with van der Waals surface area (Å²) in [5, 5.41) is 1.02. The third-order valence-corrected chi connectivity index (χ3v) is 1.49. The molecule has 0 bridgehead atoms. The lowest BCUT2D eigenvalue weighted by molar-refractivity contribution is 1.29. The normalized spacial score (nSPS) is 9.33. The summed E-state index contributed by atoms with van der Waals surface area (Å²) in [4.78, 5) is 8.09. The summed E-state index contributed by atoms with van der Waals surface area (Å²) in [6.07, 6.45) is 1.70. The molecule has 0 atom stereocenters. The molecule has 0 unspecified atom stereocenters. The molecule has 0 aliphatic carbocycles. The molecule has 0 aliphatic heterocycles. The minimum atomic E-state index is 0. The van der Waals surface area contributed by atoms with Crippen LogP contribution in [-0.2, 0) is 0 Å². The number of nitrogens with two attached hydrogens (primary N) is 1. The second-order valence-electron chi connectivity index (χ2n) is 2.29. The van der Waals surface area contributed by atoms with Crippen molar-refractivity contribution < 1.29 is 0 Å². The van der Waals surface area contributed by atoms with Gasteiger partial charge in [0.15, 0.2) is 5.65 Å². The van der Waals surface area contributed by atoms with E-state index in [0.717, 1.165) is 5.39 Å². The fraction of sp³-hybridized carbons (Fsp3) is 0. The molecule has 4 heteroatoms. The second kappa shape index (κ2) is 3.36. The van der Waals surface area contributed by atoms with Crippen LogP contribution in [0.2, 0.25) is 0 Å². The summed E-state index contributed by atoms with van der Waals surface area (Å²) >= 11 is 0. The van der Waals surface area contributed by atoms with Crippen molar-refractivity contribution in [3.63, 3.8) is 0 Å². The van der Waals surface area contributed by atoms with E-state index in [1.165, 1.54) is 0 Å². The third-order valence-electron chi connectivity index (χ3n) is 1.49. The molecule has 2 N–H and O–H groups in total. The lowest BCUT2D eigenvalue weighted by atomic mass is 10.3. The van der Waals surface area contributed by atoms with Crippen molar-refractivity contribution in [2.75, 3.05) is 5.73 Å². The smallest absolute Gasteiger partial charge is 0.161 e. The van der Waals surface area contributed by atoms with Gasteiger partial charge in [-0.05, 0) is 24.3 Å².